The van der Waals surface area contributed by atoms with Crippen LogP contribution in [-0.2, 0) is 6.54 Å². The number of aromatic nitrogens is 2. The van der Waals surface area contributed by atoms with Crippen molar-refractivity contribution >= 4 is 11.6 Å². The van der Waals surface area contributed by atoms with Crippen molar-refractivity contribution in [2.24, 2.45) is 5.73 Å². The van der Waals surface area contributed by atoms with Crippen LogP contribution in [-0.4, -0.2) is 9.55 Å². The van der Waals surface area contributed by atoms with Crippen molar-refractivity contribution in [3.63, 3.8) is 0 Å². The highest BCUT2D eigenvalue weighted by atomic mass is 35.5. The van der Waals surface area contributed by atoms with E-state index in [1.165, 1.54) is 18.3 Å². The van der Waals surface area contributed by atoms with Crippen LogP contribution in [0.4, 0.5) is 0 Å². The van der Waals surface area contributed by atoms with Gasteiger partial charge in [0, 0.05) is 24.4 Å². The second kappa shape index (κ2) is 3.99. The summed E-state index contributed by atoms with van der Waals surface area (Å²) in [5.74, 6) is 0.223. The van der Waals surface area contributed by atoms with Crippen molar-refractivity contribution < 1.29 is 4.42 Å². The van der Waals surface area contributed by atoms with Crippen molar-refractivity contribution in [2.75, 3.05) is 0 Å². The van der Waals surface area contributed by atoms with Gasteiger partial charge in [-0.1, -0.05) is 0 Å². The molecule has 7 heteroatoms. The monoisotopic (exact) mass is 241 g/mol. The zero-order chi connectivity index (χ0) is 11.7. The smallest absolute Gasteiger partial charge is 0.335 e. The van der Waals surface area contributed by atoms with E-state index >= 15 is 0 Å². The molecule has 84 valence electrons. The number of rotatable bonds is 2. The van der Waals surface area contributed by atoms with Crippen LogP contribution in [0.2, 0.25) is 5.22 Å². The molecule has 0 unspecified atom stereocenters. The van der Waals surface area contributed by atoms with Gasteiger partial charge in [-0.15, -0.1) is 0 Å². The highest BCUT2D eigenvalue weighted by Crippen LogP contribution is 2.15. The normalized spacial score (nSPS) is 10.6. The lowest BCUT2D eigenvalue weighted by molar-refractivity contribution is 0.531. The molecule has 0 saturated carbocycles. The third-order valence-corrected chi connectivity index (χ3v) is 2.24. The summed E-state index contributed by atoms with van der Waals surface area (Å²) in [6, 6.07) is 3.01. The zero-order valence-electron chi connectivity index (χ0n) is 8.07. The van der Waals surface area contributed by atoms with Gasteiger partial charge in [-0.2, -0.15) is 0 Å². The molecule has 0 bridgehead atoms. The largest absolute Gasteiger partial charge is 0.428 e. The second-order valence-corrected chi connectivity index (χ2v) is 3.44. The van der Waals surface area contributed by atoms with Crippen LogP contribution >= 0.6 is 11.6 Å². The van der Waals surface area contributed by atoms with E-state index < -0.39 is 11.2 Å². The first-order valence-electron chi connectivity index (χ1n) is 4.42. The van der Waals surface area contributed by atoms with E-state index in [1.807, 2.05) is 0 Å². The summed E-state index contributed by atoms with van der Waals surface area (Å²) in [4.78, 5) is 24.9. The summed E-state index contributed by atoms with van der Waals surface area (Å²) in [5, 5.41) is 0.155. The Morgan fingerprint density at radius 2 is 2.19 bits per heavy atom. The Morgan fingerprint density at radius 1 is 1.44 bits per heavy atom. The standard InChI is InChI=1S/C9H8ClN3O3/c10-6-1-2-7(16-6)13-4-5(3-11)8(14)12-9(13)15/h1-2,4H,3,11H2,(H,12,14,15). The van der Waals surface area contributed by atoms with Crippen LogP contribution in [0, 0.1) is 0 Å². The molecule has 0 aliphatic heterocycles. The van der Waals surface area contributed by atoms with E-state index in [1.54, 1.807) is 0 Å². The zero-order valence-corrected chi connectivity index (χ0v) is 8.82. The summed E-state index contributed by atoms with van der Waals surface area (Å²) >= 11 is 5.59. The lowest BCUT2D eigenvalue weighted by Gasteiger charge is -2.02. The third kappa shape index (κ3) is 1.80. The Bertz CT molecular complexity index is 625. The van der Waals surface area contributed by atoms with Gasteiger partial charge in [0.15, 0.2) is 5.22 Å². The van der Waals surface area contributed by atoms with Crippen molar-refractivity contribution in [1.29, 1.82) is 0 Å². The van der Waals surface area contributed by atoms with Crippen LogP contribution in [0.25, 0.3) is 5.88 Å². The van der Waals surface area contributed by atoms with Crippen LogP contribution < -0.4 is 17.0 Å². The molecule has 0 atom stereocenters. The van der Waals surface area contributed by atoms with Crippen molar-refractivity contribution in [2.45, 2.75) is 6.54 Å². The molecule has 0 fully saturated rings. The molecule has 0 aliphatic carbocycles. The topological polar surface area (TPSA) is 94.0 Å². The maximum atomic E-state index is 11.5. The van der Waals surface area contributed by atoms with E-state index in [0.29, 0.717) is 0 Å². The highest BCUT2D eigenvalue weighted by Gasteiger charge is 2.08. The molecule has 0 aliphatic rings. The van der Waals surface area contributed by atoms with Gasteiger partial charge in [0.25, 0.3) is 5.56 Å². The molecule has 0 amide bonds. The predicted molar refractivity (Wildman–Crippen MR) is 57.8 cm³/mol. The summed E-state index contributed by atoms with van der Waals surface area (Å²) < 4.78 is 6.19. The number of H-pyrrole nitrogens is 1. The molecule has 0 aromatic carbocycles. The van der Waals surface area contributed by atoms with Crippen molar-refractivity contribution in [3.05, 3.63) is 50.0 Å². The molecule has 2 rings (SSSR count). The number of hydrogen-bond donors (Lipinski definition) is 2. The summed E-state index contributed by atoms with van der Waals surface area (Å²) in [6.07, 6.45) is 1.33. The van der Waals surface area contributed by atoms with Gasteiger partial charge in [-0.25, -0.2) is 9.36 Å². The molecule has 2 aromatic rings. The number of hydrogen-bond acceptors (Lipinski definition) is 4. The van der Waals surface area contributed by atoms with Crippen LogP contribution in [0.15, 0.2) is 32.3 Å². The molecule has 2 aromatic heterocycles. The molecule has 0 saturated heterocycles. The number of halogens is 1. The van der Waals surface area contributed by atoms with E-state index in [4.69, 9.17) is 21.8 Å². The number of nitrogens with zero attached hydrogens (tertiary/aromatic N) is 1. The lowest BCUT2D eigenvalue weighted by atomic mass is 10.3. The Morgan fingerprint density at radius 3 is 2.75 bits per heavy atom. The third-order valence-electron chi connectivity index (χ3n) is 2.03. The number of nitrogens with two attached hydrogens (primary N) is 1. The van der Waals surface area contributed by atoms with Crippen LogP contribution in [0.1, 0.15) is 5.56 Å². The van der Waals surface area contributed by atoms with Crippen molar-refractivity contribution in [3.8, 4) is 5.88 Å². The van der Waals surface area contributed by atoms with E-state index in [9.17, 15) is 9.59 Å². The first-order valence-corrected chi connectivity index (χ1v) is 4.80. The maximum absolute atomic E-state index is 11.5. The number of nitrogens with one attached hydrogen (secondary N) is 1. The maximum Gasteiger partial charge on any atom is 0.335 e. The Balaban J connectivity index is 2.66. The Labute approximate surface area is 94.3 Å². The molecule has 3 N–H and O–H groups in total. The van der Waals surface area contributed by atoms with Crippen LogP contribution in [0.5, 0.6) is 0 Å². The quantitative estimate of drug-likeness (QED) is 0.787. The first-order chi connectivity index (χ1) is 7.61. The van der Waals surface area contributed by atoms with E-state index in [2.05, 4.69) is 4.98 Å². The average Bonchev–Trinajstić information content (AvgIpc) is 2.65. The van der Waals surface area contributed by atoms with E-state index in [-0.39, 0.29) is 23.2 Å². The molecule has 6 nitrogen and oxygen atoms in total. The average molecular weight is 242 g/mol. The summed E-state index contributed by atoms with van der Waals surface area (Å²) in [7, 11) is 0. The minimum absolute atomic E-state index is 0.0318. The van der Waals surface area contributed by atoms with Gasteiger partial charge >= 0.3 is 5.69 Å². The fourth-order valence-corrected chi connectivity index (χ4v) is 1.40. The van der Waals surface area contributed by atoms with Crippen molar-refractivity contribution in [1.82, 2.24) is 9.55 Å². The number of furan rings is 1. The summed E-state index contributed by atoms with van der Waals surface area (Å²) in [6.45, 7) is 0.0318. The SMILES string of the molecule is NCc1cn(-c2ccc(Cl)o2)c(=O)[nH]c1=O. The minimum atomic E-state index is -0.604. The Kier molecular flexibility index (Phi) is 2.67. The summed E-state index contributed by atoms with van der Waals surface area (Å²) in [5.41, 5.74) is 4.54. The van der Waals surface area contributed by atoms with Gasteiger partial charge in [-0.05, 0) is 17.7 Å². The molecule has 0 spiro atoms. The molecular weight excluding hydrogens is 234 g/mol. The molecular formula is C9H8ClN3O3. The van der Waals surface area contributed by atoms with Gasteiger partial charge < -0.3 is 10.2 Å². The molecule has 16 heavy (non-hydrogen) atoms. The van der Waals surface area contributed by atoms with Crippen LogP contribution in [0.3, 0.4) is 0 Å². The second-order valence-electron chi connectivity index (χ2n) is 3.07. The van der Waals surface area contributed by atoms with Gasteiger partial charge in [-0.3, -0.25) is 9.78 Å². The predicted octanol–water partition coefficient (Wildman–Crippen LogP) is 0.231. The minimum Gasteiger partial charge on any atom is -0.428 e. The fourth-order valence-electron chi connectivity index (χ4n) is 1.25. The van der Waals surface area contributed by atoms with E-state index in [0.717, 1.165) is 4.57 Å². The van der Waals surface area contributed by atoms with Gasteiger partial charge in [0.2, 0.25) is 5.88 Å². The Hall–Kier alpha value is -1.79. The molecule has 0 radical (unpaired) electrons. The lowest BCUT2D eigenvalue weighted by Crippen LogP contribution is -2.31. The highest BCUT2D eigenvalue weighted by molar-refractivity contribution is 6.28. The molecule has 2 heterocycles. The number of aromatic amines is 1. The first kappa shape index (κ1) is 10.7. The van der Waals surface area contributed by atoms with Gasteiger partial charge in [0.05, 0.1) is 0 Å². The fraction of sp³-hybridized carbons (Fsp3) is 0.111. The van der Waals surface area contributed by atoms with Gasteiger partial charge in [0.1, 0.15) is 0 Å².